The molecule has 1 heterocycles. The van der Waals surface area contributed by atoms with Crippen LogP contribution in [0.25, 0.3) is 0 Å². The smallest absolute Gasteiger partial charge is 0.122 e. The second-order valence-electron chi connectivity index (χ2n) is 3.49. The molecule has 2 unspecified atom stereocenters. The summed E-state index contributed by atoms with van der Waals surface area (Å²) >= 11 is 0. The average Bonchev–Trinajstić information content (AvgIpc) is 2.35. The minimum absolute atomic E-state index is 0.322. The molecular weight excluding hydrogens is 206 g/mol. The molecule has 0 aliphatic heterocycles. The Hall–Kier alpha value is -1.48. The fourth-order valence-electron chi connectivity index (χ4n) is 1.33. The van der Waals surface area contributed by atoms with E-state index >= 15 is 0 Å². The van der Waals surface area contributed by atoms with Crippen LogP contribution < -0.4 is 5.32 Å². The van der Waals surface area contributed by atoms with Gasteiger partial charge in [0.1, 0.15) is 6.10 Å². The minimum Gasteiger partial charge on any atom is -0.390 e. The number of hydrogen-bond donors (Lipinski definition) is 3. The van der Waals surface area contributed by atoms with Gasteiger partial charge in [-0.15, -0.1) is 0 Å². The molecule has 0 saturated heterocycles. The summed E-state index contributed by atoms with van der Waals surface area (Å²) in [5.41, 5.74) is 0.743. The fourth-order valence-corrected chi connectivity index (χ4v) is 1.33. The van der Waals surface area contributed by atoms with E-state index in [1.807, 2.05) is 6.07 Å². The Balaban J connectivity index is 2.71. The monoisotopic (exact) mass is 221 g/mol. The lowest BCUT2D eigenvalue weighted by atomic mass is 10.1. The molecule has 5 heteroatoms. The second kappa shape index (κ2) is 6.18. The zero-order chi connectivity index (χ0) is 12.0. The van der Waals surface area contributed by atoms with Gasteiger partial charge in [-0.05, 0) is 32.1 Å². The maximum absolute atomic E-state index is 9.79. The number of pyridine rings is 1. The lowest BCUT2D eigenvalue weighted by Crippen LogP contribution is -2.24. The minimum atomic E-state index is -1.05. The highest BCUT2D eigenvalue weighted by atomic mass is 16.3. The maximum atomic E-state index is 9.79. The van der Waals surface area contributed by atoms with E-state index in [4.69, 9.17) is 5.26 Å². The van der Waals surface area contributed by atoms with E-state index in [0.29, 0.717) is 24.2 Å². The first-order valence-corrected chi connectivity index (χ1v) is 5.05. The third kappa shape index (κ3) is 3.28. The Bertz CT molecular complexity index is 376. The number of nitriles is 1. The summed E-state index contributed by atoms with van der Waals surface area (Å²) < 4.78 is 0. The molecule has 0 amide bonds. The lowest BCUT2D eigenvalue weighted by molar-refractivity contribution is 0.0115. The van der Waals surface area contributed by atoms with Crippen molar-refractivity contribution in [1.82, 2.24) is 10.3 Å². The van der Waals surface area contributed by atoms with E-state index in [9.17, 15) is 10.2 Å². The maximum Gasteiger partial charge on any atom is 0.122 e. The van der Waals surface area contributed by atoms with Gasteiger partial charge in [-0.25, -0.2) is 0 Å². The Morgan fingerprint density at radius 1 is 1.56 bits per heavy atom. The van der Waals surface area contributed by atoms with E-state index in [1.165, 1.54) is 12.3 Å². The predicted octanol–water partition coefficient (Wildman–Crippen LogP) is -0.0429. The van der Waals surface area contributed by atoms with Crippen molar-refractivity contribution in [2.45, 2.75) is 18.6 Å². The quantitative estimate of drug-likeness (QED) is 0.649. The van der Waals surface area contributed by atoms with Crippen molar-refractivity contribution in [3.8, 4) is 6.07 Å². The molecule has 3 N–H and O–H groups in total. The zero-order valence-corrected chi connectivity index (χ0v) is 9.09. The van der Waals surface area contributed by atoms with Gasteiger partial charge in [0.2, 0.25) is 0 Å². The largest absolute Gasteiger partial charge is 0.390 e. The fraction of sp³-hybridized carbons (Fsp3) is 0.455. The molecule has 0 spiro atoms. The normalized spacial score (nSPS) is 14.1. The van der Waals surface area contributed by atoms with Gasteiger partial charge >= 0.3 is 0 Å². The van der Waals surface area contributed by atoms with Gasteiger partial charge in [0.05, 0.1) is 23.4 Å². The van der Waals surface area contributed by atoms with Crippen molar-refractivity contribution < 1.29 is 10.2 Å². The number of nitrogens with one attached hydrogen (secondary N) is 1. The summed E-state index contributed by atoms with van der Waals surface area (Å²) in [7, 11) is 1.77. The Labute approximate surface area is 94.4 Å². The third-order valence-corrected chi connectivity index (χ3v) is 2.27. The van der Waals surface area contributed by atoms with Crippen LogP contribution in [0.2, 0.25) is 0 Å². The zero-order valence-electron chi connectivity index (χ0n) is 9.09. The first-order chi connectivity index (χ1) is 7.69. The molecule has 0 fully saturated rings. The van der Waals surface area contributed by atoms with Gasteiger partial charge in [0.25, 0.3) is 0 Å². The molecule has 1 aromatic heterocycles. The molecule has 16 heavy (non-hydrogen) atoms. The number of aliphatic hydroxyl groups excluding tert-OH is 2. The summed E-state index contributed by atoms with van der Waals surface area (Å²) in [6, 6.07) is 4.99. The van der Waals surface area contributed by atoms with E-state index in [-0.39, 0.29) is 0 Å². The first kappa shape index (κ1) is 12.6. The van der Waals surface area contributed by atoms with Gasteiger partial charge in [-0.1, -0.05) is 0 Å². The number of rotatable bonds is 5. The number of aromatic nitrogens is 1. The summed E-state index contributed by atoms with van der Waals surface area (Å²) in [6.07, 6.45) is -0.0616. The Morgan fingerprint density at radius 3 is 2.94 bits per heavy atom. The molecule has 1 aromatic rings. The van der Waals surface area contributed by atoms with Crippen LogP contribution in [0.4, 0.5) is 0 Å². The van der Waals surface area contributed by atoms with E-state index in [0.717, 1.165) is 0 Å². The topological polar surface area (TPSA) is 89.2 Å². The number of aliphatic hydroxyl groups is 2. The third-order valence-electron chi connectivity index (χ3n) is 2.27. The number of nitrogens with zero attached hydrogens (tertiary/aromatic N) is 2. The first-order valence-electron chi connectivity index (χ1n) is 5.05. The molecule has 0 aromatic carbocycles. The van der Waals surface area contributed by atoms with Crippen molar-refractivity contribution >= 4 is 0 Å². The summed E-state index contributed by atoms with van der Waals surface area (Å²) in [5.74, 6) is 0. The van der Waals surface area contributed by atoms with E-state index < -0.39 is 12.2 Å². The van der Waals surface area contributed by atoms with Gasteiger partial charge < -0.3 is 15.5 Å². The SMILES string of the molecule is CNCCC(O)C(O)c1cc(C#N)ccn1. The Kier molecular flexibility index (Phi) is 4.86. The van der Waals surface area contributed by atoms with Gasteiger partial charge in [0.15, 0.2) is 0 Å². The molecule has 0 radical (unpaired) electrons. The van der Waals surface area contributed by atoms with Crippen molar-refractivity contribution in [1.29, 1.82) is 5.26 Å². The van der Waals surface area contributed by atoms with Gasteiger partial charge in [-0.2, -0.15) is 5.26 Å². The van der Waals surface area contributed by atoms with Crippen LogP contribution in [-0.2, 0) is 0 Å². The van der Waals surface area contributed by atoms with Crippen LogP contribution >= 0.6 is 0 Å². The van der Waals surface area contributed by atoms with E-state index in [2.05, 4.69) is 10.3 Å². The molecule has 1 rings (SSSR count). The van der Waals surface area contributed by atoms with Crippen LogP contribution in [0.1, 0.15) is 23.8 Å². The molecule has 2 atom stereocenters. The molecular formula is C11H15N3O2. The second-order valence-corrected chi connectivity index (χ2v) is 3.49. The summed E-state index contributed by atoms with van der Waals surface area (Å²) in [6.45, 7) is 0.607. The van der Waals surface area contributed by atoms with Crippen LogP contribution in [0.5, 0.6) is 0 Å². The lowest BCUT2D eigenvalue weighted by Gasteiger charge is -2.17. The highest BCUT2D eigenvalue weighted by Gasteiger charge is 2.19. The average molecular weight is 221 g/mol. The van der Waals surface area contributed by atoms with Gasteiger partial charge in [0, 0.05) is 6.20 Å². The molecule has 0 saturated carbocycles. The van der Waals surface area contributed by atoms with Crippen molar-refractivity contribution in [2.24, 2.45) is 0 Å². The molecule has 5 nitrogen and oxygen atoms in total. The van der Waals surface area contributed by atoms with Crippen LogP contribution in [0.3, 0.4) is 0 Å². The van der Waals surface area contributed by atoms with Crippen molar-refractivity contribution in [3.63, 3.8) is 0 Å². The standard InChI is InChI=1S/C11H15N3O2/c1-13-4-3-10(15)11(16)9-6-8(7-12)2-5-14-9/h2,5-6,10-11,13,15-16H,3-4H2,1H3. The molecule has 0 aliphatic rings. The van der Waals surface area contributed by atoms with Crippen molar-refractivity contribution in [2.75, 3.05) is 13.6 Å². The highest BCUT2D eigenvalue weighted by Crippen LogP contribution is 2.17. The van der Waals surface area contributed by atoms with Crippen LogP contribution in [0.15, 0.2) is 18.3 Å². The Morgan fingerprint density at radius 2 is 2.31 bits per heavy atom. The highest BCUT2D eigenvalue weighted by molar-refractivity contribution is 5.29. The van der Waals surface area contributed by atoms with Gasteiger partial charge in [-0.3, -0.25) is 4.98 Å². The molecule has 0 bridgehead atoms. The summed E-state index contributed by atoms with van der Waals surface area (Å²) in [4.78, 5) is 3.93. The summed E-state index contributed by atoms with van der Waals surface area (Å²) in [5, 5.41) is 31.0. The van der Waals surface area contributed by atoms with Crippen molar-refractivity contribution in [3.05, 3.63) is 29.6 Å². The molecule has 0 aliphatic carbocycles. The number of hydrogen-bond acceptors (Lipinski definition) is 5. The van der Waals surface area contributed by atoms with Crippen LogP contribution in [-0.4, -0.2) is 34.9 Å². The predicted molar refractivity (Wildman–Crippen MR) is 58.5 cm³/mol. The van der Waals surface area contributed by atoms with E-state index in [1.54, 1.807) is 13.1 Å². The molecule has 86 valence electrons. The van der Waals surface area contributed by atoms with Crippen LogP contribution in [0, 0.1) is 11.3 Å².